The summed E-state index contributed by atoms with van der Waals surface area (Å²) in [4.78, 5) is 15.4. The molecule has 0 aliphatic heterocycles. The molecule has 1 heterocycles. The van der Waals surface area contributed by atoms with Crippen LogP contribution in [0.1, 0.15) is 11.1 Å². The van der Waals surface area contributed by atoms with Crippen molar-refractivity contribution in [3.05, 3.63) is 53.7 Å². The molecule has 0 saturated carbocycles. The lowest BCUT2D eigenvalue weighted by Gasteiger charge is -2.04. The average Bonchev–Trinajstić information content (AvgIpc) is 2.48. The molecule has 104 valence electrons. The number of benzene rings is 1. The molecule has 20 heavy (non-hydrogen) atoms. The van der Waals surface area contributed by atoms with E-state index >= 15 is 0 Å². The second-order valence-corrected chi connectivity index (χ2v) is 5.27. The van der Waals surface area contributed by atoms with Crippen molar-refractivity contribution in [1.82, 2.24) is 10.4 Å². The number of hydrazine groups is 1. The van der Waals surface area contributed by atoms with Gasteiger partial charge in [-0.15, -0.1) is 11.8 Å². The van der Waals surface area contributed by atoms with Crippen molar-refractivity contribution < 1.29 is 4.79 Å². The first kappa shape index (κ1) is 14.4. The molecule has 0 bridgehead atoms. The molecule has 0 unspecified atom stereocenters. The minimum Gasteiger partial charge on any atom is -0.397 e. The van der Waals surface area contributed by atoms with E-state index in [9.17, 15) is 4.79 Å². The smallest absolute Gasteiger partial charge is 0.238 e. The Labute approximate surface area is 121 Å². The van der Waals surface area contributed by atoms with Gasteiger partial charge >= 0.3 is 0 Å². The van der Waals surface area contributed by atoms with Crippen molar-refractivity contribution >= 4 is 23.4 Å². The Morgan fingerprint density at radius 2 is 1.85 bits per heavy atom. The summed E-state index contributed by atoms with van der Waals surface area (Å²) in [5, 5.41) is 0.936. The number of nitrogens with one attached hydrogen (secondary N) is 1. The van der Waals surface area contributed by atoms with Crippen LogP contribution < -0.4 is 17.0 Å². The van der Waals surface area contributed by atoms with Crippen molar-refractivity contribution in [3.8, 4) is 0 Å². The van der Waals surface area contributed by atoms with Crippen LogP contribution in [0.3, 0.4) is 0 Å². The summed E-state index contributed by atoms with van der Waals surface area (Å²) in [6.07, 6.45) is 1.94. The Morgan fingerprint density at radius 3 is 2.45 bits per heavy atom. The molecule has 0 fully saturated rings. The highest BCUT2D eigenvalue weighted by Gasteiger charge is 2.02. The van der Waals surface area contributed by atoms with Gasteiger partial charge in [0.1, 0.15) is 0 Å². The molecule has 2 aromatic rings. The molecule has 6 heteroatoms. The number of pyridine rings is 1. The molecular formula is C14H16N4OS. The van der Waals surface area contributed by atoms with Gasteiger partial charge in [-0.25, -0.2) is 10.8 Å². The largest absolute Gasteiger partial charge is 0.397 e. The van der Waals surface area contributed by atoms with Gasteiger partial charge < -0.3 is 5.73 Å². The zero-order valence-corrected chi connectivity index (χ0v) is 11.7. The number of anilines is 1. The van der Waals surface area contributed by atoms with Gasteiger partial charge in [0.15, 0.2) is 0 Å². The van der Waals surface area contributed by atoms with Gasteiger partial charge in [-0.3, -0.25) is 10.2 Å². The molecule has 1 aromatic heterocycles. The van der Waals surface area contributed by atoms with Crippen LogP contribution in [0.4, 0.5) is 5.69 Å². The average molecular weight is 288 g/mol. The number of aromatic nitrogens is 1. The third-order valence-electron chi connectivity index (χ3n) is 2.69. The van der Waals surface area contributed by atoms with E-state index in [4.69, 9.17) is 11.6 Å². The van der Waals surface area contributed by atoms with Gasteiger partial charge in [0, 0.05) is 5.75 Å². The van der Waals surface area contributed by atoms with Crippen molar-refractivity contribution in [2.45, 2.75) is 17.2 Å². The molecule has 0 spiro atoms. The van der Waals surface area contributed by atoms with E-state index < -0.39 is 0 Å². The van der Waals surface area contributed by atoms with Gasteiger partial charge in [0.2, 0.25) is 5.91 Å². The number of amides is 1. The van der Waals surface area contributed by atoms with Gasteiger partial charge in [-0.1, -0.05) is 24.3 Å². The van der Waals surface area contributed by atoms with Crippen molar-refractivity contribution in [2.75, 3.05) is 5.73 Å². The van der Waals surface area contributed by atoms with Crippen LogP contribution in [0, 0.1) is 0 Å². The minimum atomic E-state index is -0.196. The van der Waals surface area contributed by atoms with Gasteiger partial charge in [-0.05, 0) is 23.3 Å². The topological polar surface area (TPSA) is 94.0 Å². The zero-order chi connectivity index (χ0) is 14.4. The van der Waals surface area contributed by atoms with Gasteiger partial charge in [-0.2, -0.15) is 0 Å². The third-order valence-corrected chi connectivity index (χ3v) is 3.71. The Balaban J connectivity index is 1.90. The summed E-state index contributed by atoms with van der Waals surface area (Å²) in [5.41, 5.74) is 10.5. The first-order chi connectivity index (χ1) is 9.67. The molecule has 1 amide bonds. The second kappa shape index (κ2) is 6.93. The number of nitrogens with zero attached hydrogens (tertiary/aromatic N) is 1. The number of rotatable bonds is 5. The molecule has 0 radical (unpaired) electrons. The van der Waals surface area contributed by atoms with Crippen LogP contribution in [-0.2, 0) is 17.0 Å². The predicted octanol–water partition coefficient (Wildman–Crippen LogP) is 1.49. The number of hydrogen-bond acceptors (Lipinski definition) is 5. The molecule has 0 aliphatic carbocycles. The molecule has 5 nitrogen and oxygen atoms in total. The molecule has 0 aliphatic rings. The highest BCUT2D eigenvalue weighted by molar-refractivity contribution is 7.98. The number of nitrogens with two attached hydrogens (primary N) is 2. The second-order valence-electron chi connectivity index (χ2n) is 4.28. The van der Waals surface area contributed by atoms with E-state index in [2.05, 4.69) is 10.4 Å². The standard InChI is InChI=1S/C14H16N4OS/c15-12-5-6-14(17-8-12)20-9-11-3-1-10(2-4-11)7-13(19)18-16/h1-6,8H,7,9,15-16H2,(H,18,19). The maximum absolute atomic E-state index is 11.1. The highest BCUT2D eigenvalue weighted by Crippen LogP contribution is 2.21. The molecule has 5 N–H and O–H groups in total. The van der Waals surface area contributed by atoms with Crippen LogP contribution in [0.2, 0.25) is 0 Å². The zero-order valence-electron chi connectivity index (χ0n) is 10.9. The summed E-state index contributed by atoms with van der Waals surface area (Å²) in [6.45, 7) is 0. The number of nitrogen functional groups attached to an aromatic ring is 1. The van der Waals surface area contributed by atoms with Crippen LogP contribution in [-0.4, -0.2) is 10.9 Å². The number of thioether (sulfide) groups is 1. The van der Waals surface area contributed by atoms with Crippen LogP contribution in [0.5, 0.6) is 0 Å². The molecule has 1 aromatic carbocycles. The van der Waals surface area contributed by atoms with E-state index in [0.29, 0.717) is 12.1 Å². The Bertz CT molecular complexity index is 569. The van der Waals surface area contributed by atoms with Crippen molar-refractivity contribution in [3.63, 3.8) is 0 Å². The summed E-state index contributed by atoms with van der Waals surface area (Å²) >= 11 is 1.64. The lowest BCUT2D eigenvalue weighted by molar-refractivity contribution is -0.120. The SMILES string of the molecule is NNC(=O)Cc1ccc(CSc2ccc(N)cn2)cc1. The lowest BCUT2D eigenvalue weighted by atomic mass is 10.1. The first-order valence-corrected chi connectivity index (χ1v) is 7.07. The van der Waals surface area contributed by atoms with E-state index in [1.54, 1.807) is 18.0 Å². The summed E-state index contributed by atoms with van der Waals surface area (Å²) in [6, 6.07) is 11.6. The number of carbonyl (C=O) groups is 1. The Kier molecular flexibility index (Phi) is 4.97. The van der Waals surface area contributed by atoms with Crippen LogP contribution >= 0.6 is 11.8 Å². The Hall–Kier alpha value is -2.05. The predicted molar refractivity (Wildman–Crippen MR) is 80.7 cm³/mol. The van der Waals surface area contributed by atoms with Crippen molar-refractivity contribution in [2.24, 2.45) is 5.84 Å². The van der Waals surface area contributed by atoms with Gasteiger partial charge in [0.25, 0.3) is 0 Å². The number of carbonyl (C=O) groups excluding carboxylic acids is 1. The summed E-state index contributed by atoms with van der Waals surface area (Å²) in [7, 11) is 0. The lowest BCUT2D eigenvalue weighted by Crippen LogP contribution is -2.31. The fourth-order valence-electron chi connectivity index (χ4n) is 1.62. The maximum Gasteiger partial charge on any atom is 0.238 e. The monoisotopic (exact) mass is 288 g/mol. The van der Waals surface area contributed by atoms with Crippen molar-refractivity contribution in [1.29, 1.82) is 0 Å². The van der Waals surface area contributed by atoms with E-state index in [-0.39, 0.29) is 5.91 Å². The van der Waals surface area contributed by atoms with Crippen LogP contribution in [0.15, 0.2) is 47.6 Å². The fourth-order valence-corrected chi connectivity index (χ4v) is 2.42. The maximum atomic E-state index is 11.1. The van der Waals surface area contributed by atoms with E-state index in [1.807, 2.05) is 36.4 Å². The van der Waals surface area contributed by atoms with Crippen LogP contribution in [0.25, 0.3) is 0 Å². The first-order valence-electron chi connectivity index (χ1n) is 6.09. The molecule has 2 rings (SSSR count). The summed E-state index contributed by atoms with van der Waals surface area (Å²) < 4.78 is 0. The quantitative estimate of drug-likeness (QED) is 0.335. The normalized spacial score (nSPS) is 10.2. The summed E-state index contributed by atoms with van der Waals surface area (Å²) in [5.74, 6) is 5.68. The van der Waals surface area contributed by atoms with E-state index in [1.165, 1.54) is 5.56 Å². The molecular weight excluding hydrogens is 272 g/mol. The number of hydrogen-bond donors (Lipinski definition) is 3. The minimum absolute atomic E-state index is 0.196. The fraction of sp³-hybridized carbons (Fsp3) is 0.143. The third kappa shape index (κ3) is 4.25. The highest BCUT2D eigenvalue weighted by atomic mass is 32.2. The Morgan fingerprint density at radius 1 is 1.15 bits per heavy atom. The molecule has 0 atom stereocenters. The molecule has 0 saturated heterocycles. The van der Waals surface area contributed by atoms with E-state index in [0.717, 1.165) is 16.3 Å². The van der Waals surface area contributed by atoms with Gasteiger partial charge in [0.05, 0.1) is 23.3 Å².